The fourth-order valence-electron chi connectivity index (χ4n) is 4.99. The Kier molecular flexibility index (Phi) is 7.43. The van der Waals surface area contributed by atoms with E-state index >= 15 is 0 Å². The van der Waals surface area contributed by atoms with Crippen molar-refractivity contribution < 1.29 is 9.53 Å². The SMILES string of the molecule is COc1ccccc1CNCCC(=O)N1CCc2nc(C3CCC3)n(-c3ccccc3)c(=O)c2C1S. The molecule has 5 rings (SSSR count). The number of para-hydroxylation sites is 2. The first kappa shape index (κ1) is 24.6. The fraction of sp³-hybridized carbons (Fsp3) is 0.393. The van der Waals surface area contributed by atoms with Gasteiger partial charge in [-0.15, -0.1) is 12.6 Å². The third-order valence-electron chi connectivity index (χ3n) is 7.19. The van der Waals surface area contributed by atoms with Crippen molar-refractivity contribution in [2.24, 2.45) is 0 Å². The summed E-state index contributed by atoms with van der Waals surface area (Å²) in [5, 5.41) is 2.71. The number of nitrogens with one attached hydrogen (secondary N) is 1. The van der Waals surface area contributed by atoms with E-state index in [-0.39, 0.29) is 11.5 Å². The van der Waals surface area contributed by atoms with Crippen LogP contribution in [0.25, 0.3) is 5.69 Å². The van der Waals surface area contributed by atoms with Gasteiger partial charge in [0.25, 0.3) is 5.56 Å². The van der Waals surface area contributed by atoms with Gasteiger partial charge >= 0.3 is 0 Å². The van der Waals surface area contributed by atoms with Crippen LogP contribution in [0, 0.1) is 0 Å². The van der Waals surface area contributed by atoms with E-state index in [1.165, 1.54) is 0 Å². The van der Waals surface area contributed by atoms with E-state index in [0.717, 1.165) is 47.8 Å². The van der Waals surface area contributed by atoms with Gasteiger partial charge in [0.05, 0.1) is 24.1 Å². The molecule has 1 atom stereocenters. The van der Waals surface area contributed by atoms with Crippen LogP contribution in [0.5, 0.6) is 5.75 Å². The first-order valence-corrected chi connectivity index (χ1v) is 13.1. The maximum atomic E-state index is 13.8. The predicted molar refractivity (Wildman–Crippen MR) is 143 cm³/mol. The van der Waals surface area contributed by atoms with Gasteiger partial charge in [0.15, 0.2) is 0 Å². The second-order valence-corrected chi connectivity index (χ2v) is 9.87. The molecule has 36 heavy (non-hydrogen) atoms. The number of ether oxygens (including phenoxy) is 1. The topological polar surface area (TPSA) is 76.5 Å². The minimum Gasteiger partial charge on any atom is -0.496 e. The monoisotopic (exact) mass is 504 g/mol. The van der Waals surface area contributed by atoms with Crippen molar-refractivity contribution in [3.05, 3.63) is 87.6 Å². The van der Waals surface area contributed by atoms with Crippen LogP contribution in [-0.4, -0.2) is 40.6 Å². The van der Waals surface area contributed by atoms with E-state index in [1.54, 1.807) is 16.6 Å². The summed E-state index contributed by atoms with van der Waals surface area (Å²) in [6.07, 6.45) is 4.15. The van der Waals surface area contributed by atoms with Crippen molar-refractivity contribution in [3.63, 3.8) is 0 Å². The number of carbonyl (C=O) groups is 1. The van der Waals surface area contributed by atoms with E-state index in [1.807, 2.05) is 54.6 Å². The standard InChI is InChI=1S/C28H32N4O3S/c1-35-23-13-6-5-8-20(23)18-29-16-14-24(33)31-17-15-22-25(28(31)36)27(34)32(21-11-3-2-4-12-21)26(30-22)19-9-7-10-19/h2-6,8,11-13,19,28-29,36H,7,9-10,14-18H2,1H3. The van der Waals surface area contributed by atoms with Crippen molar-refractivity contribution in [2.45, 2.75) is 49.9 Å². The quantitative estimate of drug-likeness (QED) is 0.358. The van der Waals surface area contributed by atoms with E-state index in [0.29, 0.717) is 44.0 Å². The Labute approximate surface area is 216 Å². The molecule has 1 N–H and O–H groups in total. The molecule has 1 unspecified atom stereocenters. The van der Waals surface area contributed by atoms with Crippen LogP contribution in [0.2, 0.25) is 0 Å². The van der Waals surface area contributed by atoms with Gasteiger partial charge < -0.3 is 15.0 Å². The summed E-state index contributed by atoms with van der Waals surface area (Å²) in [7, 11) is 1.65. The lowest BCUT2D eigenvalue weighted by molar-refractivity contribution is -0.132. The molecular formula is C28H32N4O3S. The fourth-order valence-corrected chi connectivity index (χ4v) is 5.49. The molecular weight excluding hydrogens is 472 g/mol. The molecule has 0 bridgehead atoms. The molecule has 7 nitrogen and oxygen atoms in total. The second-order valence-electron chi connectivity index (χ2n) is 9.38. The summed E-state index contributed by atoms with van der Waals surface area (Å²) in [5.41, 5.74) is 3.05. The van der Waals surface area contributed by atoms with Crippen molar-refractivity contribution >= 4 is 18.5 Å². The van der Waals surface area contributed by atoms with Gasteiger partial charge in [0.2, 0.25) is 5.91 Å². The Morgan fingerprint density at radius 2 is 1.89 bits per heavy atom. The van der Waals surface area contributed by atoms with Crippen LogP contribution < -0.4 is 15.6 Å². The maximum Gasteiger partial charge on any atom is 0.264 e. The zero-order valence-corrected chi connectivity index (χ0v) is 21.4. The summed E-state index contributed by atoms with van der Waals surface area (Å²) in [5.74, 6) is 1.94. The van der Waals surface area contributed by atoms with Crippen molar-refractivity contribution in [1.29, 1.82) is 0 Å². The number of thiol groups is 1. The molecule has 3 aromatic rings. The molecule has 2 aromatic carbocycles. The van der Waals surface area contributed by atoms with Gasteiger partial charge in [-0.1, -0.05) is 42.8 Å². The Hall–Kier alpha value is -3.10. The minimum absolute atomic E-state index is 0.0260. The average molecular weight is 505 g/mol. The highest BCUT2D eigenvalue weighted by molar-refractivity contribution is 7.80. The highest BCUT2D eigenvalue weighted by atomic mass is 32.1. The third kappa shape index (κ3) is 4.80. The summed E-state index contributed by atoms with van der Waals surface area (Å²) < 4.78 is 7.13. The number of hydrogen-bond donors (Lipinski definition) is 2. The van der Waals surface area contributed by atoms with E-state index < -0.39 is 5.37 Å². The van der Waals surface area contributed by atoms with E-state index in [4.69, 9.17) is 22.3 Å². The zero-order valence-electron chi connectivity index (χ0n) is 20.5. The Morgan fingerprint density at radius 1 is 1.14 bits per heavy atom. The van der Waals surface area contributed by atoms with Gasteiger partial charge in [-0.25, -0.2) is 4.98 Å². The molecule has 0 saturated heterocycles. The van der Waals surface area contributed by atoms with Crippen LogP contribution in [0.3, 0.4) is 0 Å². The molecule has 1 amide bonds. The molecule has 188 valence electrons. The normalized spacial score (nSPS) is 17.4. The number of carbonyl (C=O) groups excluding carboxylic acids is 1. The van der Waals surface area contributed by atoms with Crippen molar-refractivity contribution in [3.8, 4) is 11.4 Å². The molecule has 1 saturated carbocycles. The number of hydrogen-bond acceptors (Lipinski definition) is 6. The van der Waals surface area contributed by atoms with Crippen molar-refractivity contribution in [2.75, 3.05) is 20.2 Å². The van der Waals surface area contributed by atoms with E-state index in [2.05, 4.69) is 5.32 Å². The molecule has 0 spiro atoms. The van der Waals surface area contributed by atoms with Crippen LogP contribution >= 0.6 is 12.6 Å². The Bertz CT molecular complexity index is 1290. The molecule has 1 aromatic heterocycles. The molecule has 2 aliphatic rings. The van der Waals surface area contributed by atoms with Gasteiger partial charge in [-0.2, -0.15) is 0 Å². The van der Waals surface area contributed by atoms with Gasteiger partial charge in [0, 0.05) is 44.0 Å². The summed E-state index contributed by atoms with van der Waals surface area (Å²) in [6, 6.07) is 17.5. The third-order valence-corrected chi connectivity index (χ3v) is 7.73. The minimum atomic E-state index is -0.610. The maximum absolute atomic E-state index is 13.8. The Morgan fingerprint density at radius 3 is 2.61 bits per heavy atom. The first-order chi connectivity index (χ1) is 17.6. The number of rotatable bonds is 8. The lowest BCUT2D eigenvalue weighted by Crippen LogP contribution is -2.44. The molecule has 2 heterocycles. The number of benzene rings is 2. The summed E-state index contributed by atoms with van der Waals surface area (Å²) in [4.78, 5) is 33.7. The molecule has 0 radical (unpaired) electrons. The van der Waals surface area contributed by atoms with Crippen LogP contribution in [0.15, 0.2) is 59.4 Å². The zero-order chi connectivity index (χ0) is 25.1. The predicted octanol–water partition coefficient (Wildman–Crippen LogP) is 4.00. The van der Waals surface area contributed by atoms with E-state index in [9.17, 15) is 9.59 Å². The number of nitrogens with zero attached hydrogens (tertiary/aromatic N) is 3. The number of amides is 1. The highest BCUT2D eigenvalue weighted by Gasteiger charge is 2.35. The van der Waals surface area contributed by atoms with Gasteiger partial charge in [-0.3, -0.25) is 14.2 Å². The van der Waals surface area contributed by atoms with Crippen LogP contribution in [-0.2, 0) is 17.8 Å². The summed E-state index contributed by atoms with van der Waals surface area (Å²) in [6.45, 7) is 1.65. The number of fused-ring (bicyclic) bond motifs is 1. The lowest BCUT2D eigenvalue weighted by atomic mass is 9.84. The average Bonchev–Trinajstić information content (AvgIpc) is 2.86. The lowest BCUT2D eigenvalue weighted by Gasteiger charge is -2.35. The summed E-state index contributed by atoms with van der Waals surface area (Å²) >= 11 is 4.77. The first-order valence-electron chi connectivity index (χ1n) is 12.6. The van der Waals surface area contributed by atoms with Crippen LogP contribution in [0.4, 0.5) is 0 Å². The highest BCUT2D eigenvalue weighted by Crippen LogP contribution is 2.38. The Balaban J connectivity index is 1.32. The molecule has 1 aliphatic carbocycles. The van der Waals surface area contributed by atoms with Crippen molar-refractivity contribution in [1.82, 2.24) is 19.8 Å². The molecule has 1 fully saturated rings. The largest absolute Gasteiger partial charge is 0.496 e. The number of aromatic nitrogens is 2. The molecule has 1 aliphatic heterocycles. The molecule has 8 heteroatoms. The van der Waals surface area contributed by atoms with Gasteiger partial charge in [0.1, 0.15) is 16.9 Å². The van der Waals surface area contributed by atoms with Crippen LogP contribution in [0.1, 0.15) is 59.6 Å². The second kappa shape index (κ2) is 10.9. The smallest absolute Gasteiger partial charge is 0.264 e. The number of methoxy groups -OCH3 is 1. The van der Waals surface area contributed by atoms with Gasteiger partial charge in [-0.05, 0) is 31.0 Å².